The Morgan fingerprint density at radius 3 is 2.60 bits per heavy atom. The number of nitrogens with one attached hydrogen (secondary N) is 2. The van der Waals surface area contributed by atoms with E-state index in [9.17, 15) is 0 Å². The molecule has 25 heavy (non-hydrogen) atoms. The monoisotopic (exact) mass is 379 g/mol. The van der Waals surface area contributed by atoms with E-state index in [1.54, 1.807) is 13.2 Å². The molecule has 9 heteroatoms. The molecule has 0 saturated heterocycles. The standard InChI is InChI=1S/C16H15Cl2N5O2/c1-24-14-7-11(8-19-16-20-22-23-21-16)6-13(18)15(14)25-9-10-2-4-12(17)5-3-10/h2-7H,8-9H2,1H3,(H2,19,20,21,22,23). The maximum Gasteiger partial charge on any atom is 0.263 e. The fraction of sp³-hybridized carbons (Fsp3) is 0.188. The van der Waals surface area contributed by atoms with Gasteiger partial charge in [0, 0.05) is 11.6 Å². The third-order valence-electron chi connectivity index (χ3n) is 3.38. The lowest BCUT2D eigenvalue weighted by atomic mass is 10.2. The summed E-state index contributed by atoms with van der Waals surface area (Å²) in [6, 6.07) is 11.1. The van der Waals surface area contributed by atoms with Crippen LogP contribution in [0.15, 0.2) is 36.4 Å². The van der Waals surface area contributed by atoms with Crippen LogP contribution in [0.3, 0.4) is 0 Å². The maximum atomic E-state index is 6.36. The first-order valence-corrected chi connectivity index (χ1v) is 8.12. The minimum atomic E-state index is 0.355. The van der Waals surface area contributed by atoms with Crippen LogP contribution in [-0.2, 0) is 13.2 Å². The van der Waals surface area contributed by atoms with Crippen molar-refractivity contribution < 1.29 is 9.47 Å². The van der Waals surface area contributed by atoms with E-state index < -0.39 is 0 Å². The lowest BCUT2D eigenvalue weighted by molar-refractivity contribution is 0.284. The number of rotatable bonds is 7. The Bertz CT molecular complexity index is 825. The SMILES string of the molecule is COc1cc(CNc2nn[nH]n2)cc(Cl)c1OCc1ccc(Cl)cc1. The summed E-state index contributed by atoms with van der Waals surface area (Å²) in [5.41, 5.74) is 1.87. The molecule has 0 amide bonds. The number of aromatic amines is 1. The van der Waals surface area contributed by atoms with Gasteiger partial charge in [0.25, 0.3) is 5.95 Å². The number of aromatic nitrogens is 4. The fourth-order valence-corrected chi connectivity index (χ4v) is 2.58. The van der Waals surface area contributed by atoms with Crippen LogP contribution in [-0.4, -0.2) is 27.7 Å². The summed E-state index contributed by atoms with van der Waals surface area (Å²) in [6.07, 6.45) is 0. The molecule has 0 aliphatic rings. The van der Waals surface area contributed by atoms with Gasteiger partial charge in [-0.15, -0.1) is 5.10 Å². The number of ether oxygens (including phenoxy) is 2. The topological polar surface area (TPSA) is 85.0 Å². The first-order chi connectivity index (χ1) is 12.2. The molecule has 0 aliphatic carbocycles. The van der Waals surface area contributed by atoms with Gasteiger partial charge in [0.05, 0.1) is 12.1 Å². The maximum absolute atomic E-state index is 6.36. The summed E-state index contributed by atoms with van der Waals surface area (Å²) in [5.74, 6) is 1.44. The smallest absolute Gasteiger partial charge is 0.263 e. The van der Waals surface area contributed by atoms with Crippen LogP contribution in [0.2, 0.25) is 10.0 Å². The van der Waals surface area contributed by atoms with Crippen LogP contribution >= 0.6 is 23.2 Å². The van der Waals surface area contributed by atoms with Crippen molar-refractivity contribution in [3.8, 4) is 11.5 Å². The second kappa shape index (κ2) is 8.04. The molecule has 1 heterocycles. The number of H-pyrrole nitrogens is 1. The molecule has 0 unspecified atom stereocenters. The first kappa shape index (κ1) is 17.3. The van der Waals surface area contributed by atoms with E-state index in [4.69, 9.17) is 32.7 Å². The minimum absolute atomic E-state index is 0.355. The van der Waals surface area contributed by atoms with Crippen molar-refractivity contribution in [1.82, 2.24) is 20.6 Å². The van der Waals surface area contributed by atoms with E-state index >= 15 is 0 Å². The molecule has 2 N–H and O–H groups in total. The molecule has 7 nitrogen and oxygen atoms in total. The quantitative estimate of drug-likeness (QED) is 0.650. The van der Waals surface area contributed by atoms with Gasteiger partial charge in [-0.05, 0) is 40.6 Å². The Hall–Kier alpha value is -2.51. The molecule has 130 valence electrons. The molecule has 0 spiro atoms. The Labute approximate surface area is 154 Å². The molecule has 0 bridgehead atoms. The first-order valence-electron chi connectivity index (χ1n) is 7.36. The van der Waals surface area contributed by atoms with Crippen LogP contribution in [0.5, 0.6) is 11.5 Å². The summed E-state index contributed by atoms with van der Waals surface area (Å²) >= 11 is 12.2. The Balaban J connectivity index is 1.71. The average molecular weight is 380 g/mol. The van der Waals surface area contributed by atoms with Crippen molar-refractivity contribution in [3.63, 3.8) is 0 Å². The minimum Gasteiger partial charge on any atom is -0.493 e. The van der Waals surface area contributed by atoms with E-state index in [0.29, 0.717) is 40.6 Å². The summed E-state index contributed by atoms with van der Waals surface area (Å²) < 4.78 is 11.2. The highest BCUT2D eigenvalue weighted by molar-refractivity contribution is 6.32. The molecule has 0 atom stereocenters. The Morgan fingerprint density at radius 1 is 1.12 bits per heavy atom. The number of anilines is 1. The largest absolute Gasteiger partial charge is 0.493 e. The summed E-state index contributed by atoms with van der Waals surface area (Å²) in [7, 11) is 1.57. The van der Waals surface area contributed by atoms with Crippen molar-refractivity contribution in [2.45, 2.75) is 13.2 Å². The van der Waals surface area contributed by atoms with E-state index in [0.717, 1.165) is 11.1 Å². The number of hydrogen-bond acceptors (Lipinski definition) is 6. The lowest BCUT2D eigenvalue weighted by Gasteiger charge is -2.14. The lowest BCUT2D eigenvalue weighted by Crippen LogP contribution is -2.03. The van der Waals surface area contributed by atoms with Crippen LogP contribution in [0.25, 0.3) is 0 Å². The molecule has 2 aromatic carbocycles. The van der Waals surface area contributed by atoms with Crippen LogP contribution < -0.4 is 14.8 Å². The van der Waals surface area contributed by atoms with Gasteiger partial charge < -0.3 is 14.8 Å². The second-order valence-corrected chi connectivity index (χ2v) is 5.96. The van der Waals surface area contributed by atoms with Crippen molar-refractivity contribution >= 4 is 29.2 Å². The van der Waals surface area contributed by atoms with Gasteiger partial charge in [-0.25, -0.2) is 0 Å². The summed E-state index contributed by atoms with van der Waals surface area (Å²) in [4.78, 5) is 0. The zero-order chi connectivity index (χ0) is 17.6. The highest BCUT2D eigenvalue weighted by Gasteiger charge is 2.13. The molecule has 1 aromatic heterocycles. The Kier molecular flexibility index (Phi) is 5.57. The number of methoxy groups -OCH3 is 1. The zero-order valence-corrected chi connectivity index (χ0v) is 14.8. The van der Waals surface area contributed by atoms with Crippen molar-refractivity contribution in [2.75, 3.05) is 12.4 Å². The number of tetrazole rings is 1. The van der Waals surface area contributed by atoms with Gasteiger partial charge in [0.1, 0.15) is 6.61 Å². The number of halogens is 2. The van der Waals surface area contributed by atoms with E-state index in [2.05, 4.69) is 25.9 Å². The van der Waals surface area contributed by atoms with Gasteiger partial charge in [-0.1, -0.05) is 40.4 Å². The highest BCUT2D eigenvalue weighted by atomic mass is 35.5. The van der Waals surface area contributed by atoms with Crippen LogP contribution in [0, 0.1) is 0 Å². The molecule has 3 rings (SSSR count). The van der Waals surface area contributed by atoms with Crippen molar-refractivity contribution in [3.05, 3.63) is 57.6 Å². The third kappa shape index (κ3) is 4.52. The van der Waals surface area contributed by atoms with Gasteiger partial charge in [-0.2, -0.15) is 5.21 Å². The molecule has 0 aliphatic heterocycles. The zero-order valence-electron chi connectivity index (χ0n) is 13.3. The molecule has 0 fully saturated rings. The number of nitrogens with zero attached hydrogens (tertiary/aromatic N) is 3. The predicted octanol–water partition coefficient (Wildman–Crippen LogP) is 3.71. The Morgan fingerprint density at radius 2 is 1.92 bits per heavy atom. The van der Waals surface area contributed by atoms with Crippen molar-refractivity contribution in [1.29, 1.82) is 0 Å². The van der Waals surface area contributed by atoms with E-state index in [1.807, 2.05) is 30.3 Å². The second-order valence-electron chi connectivity index (χ2n) is 5.11. The summed E-state index contributed by atoms with van der Waals surface area (Å²) in [6.45, 7) is 0.820. The predicted molar refractivity (Wildman–Crippen MR) is 95.3 cm³/mol. The average Bonchev–Trinajstić information content (AvgIpc) is 3.13. The normalized spacial score (nSPS) is 10.5. The van der Waals surface area contributed by atoms with Crippen LogP contribution in [0.1, 0.15) is 11.1 Å². The van der Waals surface area contributed by atoms with Gasteiger partial charge in [0.15, 0.2) is 11.5 Å². The summed E-state index contributed by atoms with van der Waals surface area (Å²) in [5, 5.41) is 17.7. The third-order valence-corrected chi connectivity index (χ3v) is 3.91. The highest BCUT2D eigenvalue weighted by Crippen LogP contribution is 2.37. The van der Waals surface area contributed by atoms with Crippen molar-refractivity contribution in [2.24, 2.45) is 0 Å². The van der Waals surface area contributed by atoms with Gasteiger partial charge in [0.2, 0.25) is 0 Å². The fourth-order valence-electron chi connectivity index (χ4n) is 2.17. The molecular weight excluding hydrogens is 365 g/mol. The molecule has 0 saturated carbocycles. The van der Waals surface area contributed by atoms with Gasteiger partial charge >= 0.3 is 0 Å². The molecular formula is C16H15Cl2N5O2. The van der Waals surface area contributed by atoms with Gasteiger partial charge in [-0.3, -0.25) is 0 Å². The van der Waals surface area contributed by atoms with Crippen LogP contribution in [0.4, 0.5) is 5.95 Å². The number of hydrogen-bond donors (Lipinski definition) is 2. The van der Waals surface area contributed by atoms with E-state index in [-0.39, 0.29) is 0 Å². The molecule has 3 aromatic rings. The molecule has 0 radical (unpaired) electrons. The number of benzene rings is 2. The van der Waals surface area contributed by atoms with E-state index in [1.165, 1.54) is 0 Å².